The molecule has 3 aliphatic rings. The highest BCUT2D eigenvalue weighted by Crippen LogP contribution is 2.42. The van der Waals surface area contributed by atoms with Gasteiger partial charge in [0.25, 0.3) is 0 Å². The van der Waals surface area contributed by atoms with Crippen molar-refractivity contribution in [1.82, 2.24) is 0 Å². The summed E-state index contributed by atoms with van der Waals surface area (Å²) in [7, 11) is 3.11. The largest absolute Gasteiger partial charge is 0.465 e. The summed E-state index contributed by atoms with van der Waals surface area (Å²) < 4.78 is 10.7. The van der Waals surface area contributed by atoms with E-state index in [0.717, 1.165) is 55.4 Å². The summed E-state index contributed by atoms with van der Waals surface area (Å²) >= 11 is 1.38. The molecule has 0 radical (unpaired) electrons. The highest BCUT2D eigenvalue weighted by molar-refractivity contribution is 7.15. The highest BCUT2D eigenvalue weighted by Gasteiger charge is 2.39. The molecule has 2 saturated carbocycles. The third-order valence-corrected chi connectivity index (χ3v) is 8.75. The van der Waals surface area contributed by atoms with Gasteiger partial charge in [-0.25, -0.2) is 4.79 Å². The number of esters is 1. The number of ether oxygens (including phenoxy) is 2. The van der Waals surface area contributed by atoms with E-state index < -0.39 is 5.97 Å². The summed E-state index contributed by atoms with van der Waals surface area (Å²) in [4.78, 5) is 41.8. The molecule has 0 spiro atoms. The zero-order chi connectivity index (χ0) is 23.5. The number of hydrogen-bond donors (Lipinski definition) is 0. The Morgan fingerprint density at radius 1 is 1.06 bits per heavy atom. The molecular formula is C26H35NO5S. The second kappa shape index (κ2) is 10.5. The van der Waals surface area contributed by atoms with E-state index in [1.54, 1.807) is 7.11 Å². The zero-order valence-corrected chi connectivity index (χ0v) is 20.7. The number of allylic oxidation sites excluding steroid dienone is 2. The summed E-state index contributed by atoms with van der Waals surface area (Å²) in [6.07, 6.45) is 10.2. The number of hydrogen-bond acceptors (Lipinski definition) is 6. The second-order valence-electron chi connectivity index (χ2n) is 9.78. The standard InChI is InChI=1S/C26H35NO5S/c1-16-4-6-18(7-5-16)25(29)27(19-10-13-21(14-19)31-2)22-15-23(33-24(22)26(30)32-3)17-8-11-20(28)12-9-17/h8,15-16,18-19,21H,4-7,9-14H2,1-3H3. The van der Waals surface area contributed by atoms with Gasteiger partial charge >= 0.3 is 5.97 Å². The molecule has 33 heavy (non-hydrogen) atoms. The average molecular weight is 474 g/mol. The summed E-state index contributed by atoms with van der Waals surface area (Å²) in [5, 5.41) is 0. The van der Waals surface area contributed by atoms with E-state index in [1.165, 1.54) is 18.4 Å². The molecule has 3 aliphatic carbocycles. The molecular weight excluding hydrogens is 438 g/mol. The first-order valence-electron chi connectivity index (χ1n) is 12.2. The number of thiophene rings is 1. The van der Waals surface area contributed by atoms with Gasteiger partial charge in [0.1, 0.15) is 10.7 Å². The molecule has 180 valence electrons. The molecule has 1 aromatic rings. The summed E-state index contributed by atoms with van der Waals surface area (Å²) in [6.45, 7) is 2.25. The van der Waals surface area contributed by atoms with Crippen molar-refractivity contribution < 1.29 is 23.9 Å². The number of Topliss-reactive ketones (excluding diaryl/α,β-unsaturated/α-hetero) is 1. The van der Waals surface area contributed by atoms with Crippen LogP contribution in [0.15, 0.2) is 12.1 Å². The number of anilines is 1. The minimum atomic E-state index is -0.412. The predicted octanol–water partition coefficient (Wildman–Crippen LogP) is 5.40. The Labute approximate surface area is 200 Å². The molecule has 2 unspecified atom stereocenters. The Hall–Kier alpha value is -1.99. The molecule has 0 aromatic carbocycles. The molecule has 1 aromatic heterocycles. The van der Waals surface area contributed by atoms with Crippen LogP contribution in [0.5, 0.6) is 0 Å². The van der Waals surface area contributed by atoms with Gasteiger partial charge in [-0.3, -0.25) is 9.59 Å². The van der Waals surface area contributed by atoms with Gasteiger partial charge in [-0.2, -0.15) is 0 Å². The van der Waals surface area contributed by atoms with Crippen LogP contribution in [0.1, 0.15) is 85.7 Å². The lowest BCUT2D eigenvalue weighted by Crippen LogP contribution is -2.44. The zero-order valence-electron chi connectivity index (χ0n) is 19.9. The SMILES string of the molecule is COC(=O)c1sc(C2=CCC(=O)CC2)cc1N(C(=O)C1CCC(C)CC1)C1CCC(OC)C1. The van der Waals surface area contributed by atoms with Crippen molar-refractivity contribution in [3.8, 4) is 0 Å². The minimum Gasteiger partial charge on any atom is -0.465 e. The van der Waals surface area contributed by atoms with E-state index in [2.05, 4.69) is 6.92 Å². The monoisotopic (exact) mass is 473 g/mol. The van der Waals surface area contributed by atoms with Gasteiger partial charge in [0, 0.05) is 36.8 Å². The van der Waals surface area contributed by atoms with Crippen LogP contribution >= 0.6 is 11.3 Å². The Morgan fingerprint density at radius 3 is 2.42 bits per heavy atom. The van der Waals surface area contributed by atoms with Gasteiger partial charge in [-0.1, -0.05) is 13.0 Å². The lowest BCUT2D eigenvalue weighted by Gasteiger charge is -2.35. The maximum atomic E-state index is 14.0. The normalized spacial score (nSPS) is 27.8. The smallest absolute Gasteiger partial charge is 0.350 e. The maximum Gasteiger partial charge on any atom is 0.350 e. The van der Waals surface area contributed by atoms with E-state index in [1.807, 2.05) is 17.0 Å². The van der Waals surface area contributed by atoms with Crippen LogP contribution < -0.4 is 4.90 Å². The van der Waals surface area contributed by atoms with Crippen molar-refractivity contribution >= 4 is 40.3 Å². The molecule has 4 rings (SSSR count). The second-order valence-corrected chi connectivity index (χ2v) is 10.8. The van der Waals surface area contributed by atoms with Gasteiger partial charge in [-0.05, 0) is 68.9 Å². The van der Waals surface area contributed by atoms with Crippen LogP contribution in [0.4, 0.5) is 5.69 Å². The Bertz CT molecular complexity index is 927. The minimum absolute atomic E-state index is 0.00886. The number of rotatable bonds is 6. The molecule has 0 saturated heterocycles. The number of nitrogens with zero attached hydrogens (tertiary/aromatic N) is 1. The highest BCUT2D eigenvalue weighted by atomic mass is 32.1. The lowest BCUT2D eigenvalue weighted by atomic mass is 9.82. The number of ketones is 1. The van der Waals surface area contributed by atoms with Crippen molar-refractivity contribution in [2.24, 2.45) is 11.8 Å². The fraction of sp³-hybridized carbons (Fsp3) is 0.654. The van der Waals surface area contributed by atoms with Crippen LogP contribution in [-0.4, -0.2) is 44.0 Å². The van der Waals surface area contributed by atoms with E-state index in [9.17, 15) is 14.4 Å². The quantitative estimate of drug-likeness (QED) is 0.518. The molecule has 2 atom stereocenters. The molecule has 1 amide bonds. The summed E-state index contributed by atoms with van der Waals surface area (Å²) in [6, 6.07) is 2.00. The molecule has 1 heterocycles. The molecule has 6 nitrogen and oxygen atoms in total. The maximum absolute atomic E-state index is 14.0. The van der Waals surface area contributed by atoms with E-state index in [0.29, 0.717) is 35.7 Å². The summed E-state index contributed by atoms with van der Waals surface area (Å²) in [5.74, 6) is 0.606. The van der Waals surface area contributed by atoms with E-state index in [4.69, 9.17) is 9.47 Å². The molecule has 0 N–H and O–H groups in total. The Kier molecular flexibility index (Phi) is 7.69. The van der Waals surface area contributed by atoms with Gasteiger partial charge in [0.2, 0.25) is 5.91 Å². The Morgan fingerprint density at radius 2 is 1.82 bits per heavy atom. The average Bonchev–Trinajstić information content (AvgIpc) is 3.48. The van der Waals surface area contributed by atoms with Gasteiger partial charge in [0.05, 0.1) is 18.9 Å². The number of carbonyl (C=O) groups is 3. The van der Waals surface area contributed by atoms with Crippen molar-refractivity contribution in [2.45, 2.75) is 83.3 Å². The first-order valence-corrected chi connectivity index (χ1v) is 13.0. The van der Waals surface area contributed by atoms with Gasteiger partial charge < -0.3 is 14.4 Å². The molecule has 0 bridgehead atoms. The van der Waals surface area contributed by atoms with Crippen molar-refractivity contribution in [2.75, 3.05) is 19.1 Å². The van der Waals surface area contributed by atoms with Crippen LogP contribution in [0.2, 0.25) is 0 Å². The topological polar surface area (TPSA) is 72.9 Å². The predicted molar refractivity (Wildman–Crippen MR) is 130 cm³/mol. The third kappa shape index (κ3) is 5.24. The van der Waals surface area contributed by atoms with E-state index in [-0.39, 0.29) is 29.8 Å². The van der Waals surface area contributed by atoms with Gasteiger partial charge in [0.15, 0.2) is 0 Å². The molecule has 0 aliphatic heterocycles. The van der Waals surface area contributed by atoms with E-state index >= 15 is 0 Å². The van der Waals surface area contributed by atoms with Crippen LogP contribution in [0, 0.1) is 11.8 Å². The van der Waals surface area contributed by atoms with Crippen LogP contribution in [0.25, 0.3) is 5.57 Å². The molecule has 7 heteroatoms. The molecule has 2 fully saturated rings. The fourth-order valence-electron chi connectivity index (χ4n) is 5.46. The summed E-state index contributed by atoms with van der Waals surface area (Å²) in [5.41, 5.74) is 1.75. The van der Waals surface area contributed by atoms with Gasteiger partial charge in [-0.15, -0.1) is 11.3 Å². The van der Waals surface area contributed by atoms with Crippen molar-refractivity contribution in [3.05, 3.63) is 21.9 Å². The first kappa shape index (κ1) is 24.1. The lowest BCUT2D eigenvalue weighted by molar-refractivity contribution is -0.124. The first-order chi connectivity index (χ1) is 15.9. The van der Waals surface area contributed by atoms with Crippen molar-refractivity contribution in [1.29, 1.82) is 0 Å². The Balaban J connectivity index is 1.72. The van der Waals surface area contributed by atoms with Crippen LogP contribution in [-0.2, 0) is 19.1 Å². The number of methoxy groups -OCH3 is 2. The fourth-order valence-corrected chi connectivity index (χ4v) is 6.60. The number of carbonyl (C=O) groups excluding carboxylic acids is 3. The van der Waals surface area contributed by atoms with Crippen LogP contribution in [0.3, 0.4) is 0 Å². The number of amides is 1. The third-order valence-electron chi connectivity index (χ3n) is 7.57. The van der Waals surface area contributed by atoms with Crippen molar-refractivity contribution in [3.63, 3.8) is 0 Å².